The van der Waals surface area contributed by atoms with E-state index in [0.717, 1.165) is 26.2 Å². The van der Waals surface area contributed by atoms with Crippen molar-refractivity contribution in [3.63, 3.8) is 0 Å². The summed E-state index contributed by atoms with van der Waals surface area (Å²) in [5.74, 6) is 0. The molecule has 0 amide bonds. The van der Waals surface area contributed by atoms with Gasteiger partial charge in [0.2, 0.25) is 0 Å². The van der Waals surface area contributed by atoms with Gasteiger partial charge in [0, 0.05) is 12.3 Å². The Morgan fingerprint density at radius 2 is 2.25 bits per heavy atom. The van der Waals surface area contributed by atoms with Crippen molar-refractivity contribution >= 4 is 5.71 Å². The Morgan fingerprint density at radius 3 is 2.92 bits per heavy atom. The first-order valence-corrected chi connectivity index (χ1v) is 4.69. The lowest BCUT2D eigenvalue weighted by Gasteiger charge is -2.26. The second-order valence-corrected chi connectivity index (χ2v) is 3.26. The van der Waals surface area contributed by atoms with Crippen LogP contribution in [-0.2, 0) is 9.47 Å². The SMILES string of the molecule is C1CCC(C2COCCO2)=NC1. The van der Waals surface area contributed by atoms with Gasteiger partial charge in [-0.25, -0.2) is 0 Å². The molecule has 0 spiro atoms. The van der Waals surface area contributed by atoms with Gasteiger partial charge < -0.3 is 9.47 Å². The summed E-state index contributed by atoms with van der Waals surface area (Å²) in [7, 11) is 0. The lowest BCUT2D eigenvalue weighted by atomic mass is 10.0. The smallest absolute Gasteiger partial charge is 0.118 e. The second kappa shape index (κ2) is 4.01. The second-order valence-electron chi connectivity index (χ2n) is 3.26. The minimum atomic E-state index is 0.166. The molecule has 1 unspecified atom stereocenters. The van der Waals surface area contributed by atoms with Gasteiger partial charge in [0.25, 0.3) is 0 Å². The molecule has 2 aliphatic rings. The van der Waals surface area contributed by atoms with Crippen LogP contribution in [0.4, 0.5) is 0 Å². The Labute approximate surface area is 72.8 Å². The third kappa shape index (κ3) is 1.84. The fourth-order valence-corrected chi connectivity index (χ4v) is 1.66. The molecular formula is C9H15NO2. The highest BCUT2D eigenvalue weighted by Crippen LogP contribution is 2.13. The molecule has 0 N–H and O–H groups in total. The molecule has 0 aromatic heterocycles. The highest BCUT2D eigenvalue weighted by atomic mass is 16.6. The van der Waals surface area contributed by atoms with Gasteiger partial charge in [0.1, 0.15) is 6.10 Å². The van der Waals surface area contributed by atoms with Gasteiger partial charge in [0.15, 0.2) is 0 Å². The highest BCUT2D eigenvalue weighted by Gasteiger charge is 2.21. The fraction of sp³-hybridized carbons (Fsp3) is 0.889. The van der Waals surface area contributed by atoms with Crippen molar-refractivity contribution in [1.29, 1.82) is 0 Å². The van der Waals surface area contributed by atoms with Crippen molar-refractivity contribution in [3.8, 4) is 0 Å². The zero-order valence-corrected chi connectivity index (χ0v) is 7.29. The number of nitrogens with zero attached hydrogens (tertiary/aromatic N) is 1. The molecular weight excluding hydrogens is 154 g/mol. The first-order valence-electron chi connectivity index (χ1n) is 4.69. The number of hydrogen-bond acceptors (Lipinski definition) is 3. The lowest BCUT2D eigenvalue weighted by molar-refractivity contribution is -0.0603. The molecule has 1 saturated heterocycles. The summed E-state index contributed by atoms with van der Waals surface area (Å²) in [5.41, 5.74) is 1.22. The molecule has 0 radical (unpaired) electrons. The van der Waals surface area contributed by atoms with Gasteiger partial charge in [-0.1, -0.05) is 0 Å². The molecule has 0 aliphatic carbocycles. The Bertz CT molecular complexity index is 173. The maximum Gasteiger partial charge on any atom is 0.118 e. The molecule has 1 fully saturated rings. The molecule has 2 aliphatic heterocycles. The van der Waals surface area contributed by atoms with Crippen LogP contribution in [0.1, 0.15) is 19.3 Å². The standard InChI is InChI=1S/C9H15NO2/c1-2-4-10-8(3-1)9-7-11-5-6-12-9/h9H,1-7H2. The Morgan fingerprint density at radius 1 is 1.25 bits per heavy atom. The van der Waals surface area contributed by atoms with E-state index >= 15 is 0 Å². The van der Waals surface area contributed by atoms with Crippen molar-refractivity contribution in [1.82, 2.24) is 0 Å². The van der Waals surface area contributed by atoms with E-state index in [9.17, 15) is 0 Å². The van der Waals surface area contributed by atoms with E-state index in [0.29, 0.717) is 6.61 Å². The molecule has 0 bridgehead atoms. The average molecular weight is 169 g/mol. The molecule has 68 valence electrons. The van der Waals surface area contributed by atoms with E-state index in [2.05, 4.69) is 4.99 Å². The zero-order valence-electron chi connectivity index (χ0n) is 7.29. The summed E-state index contributed by atoms with van der Waals surface area (Å²) in [5, 5.41) is 0. The Kier molecular flexibility index (Phi) is 2.74. The molecule has 12 heavy (non-hydrogen) atoms. The van der Waals surface area contributed by atoms with E-state index in [1.807, 2.05) is 0 Å². The minimum absolute atomic E-state index is 0.166. The summed E-state index contributed by atoms with van der Waals surface area (Å²) in [6.45, 7) is 3.15. The molecule has 2 heterocycles. The topological polar surface area (TPSA) is 30.8 Å². The fourth-order valence-electron chi connectivity index (χ4n) is 1.66. The van der Waals surface area contributed by atoms with Gasteiger partial charge in [-0.2, -0.15) is 0 Å². The van der Waals surface area contributed by atoms with Crippen molar-refractivity contribution in [2.24, 2.45) is 4.99 Å². The van der Waals surface area contributed by atoms with Crippen LogP contribution in [-0.4, -0.2) is 38.2 Å². The van der Waals surface area contributed by atoms with E-state index in [1.165, 1.54) is 18.6 Å². The van der Waals surface area contributed by atoms with Crippen LogP contribution in [0.15, 0.2) is 4.99 Å². The van der Waals surface area contributed by atoms with E-state index < -0.39 is 0 Å². The molecule has 0 aromatic rings. The van der Waals surface area contributed by atoms with Crippen molar-refractivity contribution in [2.75, 3.05) is 26.4 Å². The Hall–Kier alpha value is -0.410. The lowest BCUT2D eigenvalue weighted by Crippen LogP contribution is -2.36. The van der Waals surface area contributed by atoms with Crippen LogP contribution < -0.4 is 0 Å². The number of hydrogen-bond donors (Lipinski definition) is 0. The van der Waals surface area contributed by atoms with E-state index in [1.54, 1.807) is 0 Å². The van der Waals surface area contributed by atoms with Crippen LogP contribution >= 0.6 is 0 Å². The van der Waals surface area contributed by atoms with Gasteiger partial charge in [-0.3, -0.25) is 4.99 Å². The average Bonchev–Trinajstić information content (AvgIpc) is 2.21. The predicted octanol–water partition coefficient (Wildman–Crippen LogP) is 1.03. The van der Waals surface area contributed by atoms with Gasteiger partial charge >= 0.3 is 0 Å². The minimum Gasteiger partial charge on any atom is -0.376 e. The maximum absolute atomic E-state index is 5.56. The van der Waals surface area contributed by atoms with Crippen molar-refractivity contribution < 1.29 is 9.47 Å². The summed E-state index contributed by atoms with van der Waals surface area (Å²) >= 11 is 0. The van der Waals surface area contributed by atoms with E-state index in [-0.39, 0.29) is 6.10 Å². The molecule has 2 rings (SSSR count). The maximum atomic E-state index is 5.56. The first-order chi connectivity index (χ1) is 5.97. The molecule has 0 aromatic carbocycles. The molecule has 3 nitrogen and oxygen atoms in total. The predicted molar refractivity (Wildman–Crippen MR) is 46.7 cm³/mol. The molecule has 1 atom stereocenters. The monoisotopic (exact) mass is 169 g/mol. The summed E-state index contributed by atoms with van der Waals surface area (Å²) in [6, 6.07) is 0. The van der Waals surface area contributed by atoms with Crippen LogP contribution in [0, 0.1) is 0 Å². The van der Waals surface area contributed by atoms with Gasteiger partial charge in [-0.15, -0.1) is 0 Å². The number of ether oxygens (including phenoxy) is 2. The van der Waals surface area contributed by atoms with Gasteiger partial charge in [0.05, 0.1) is 19.8 Å². The molecule has 0 saturated carbocycles. The third-order valence-corrected chi connectivity index (χ3v) is 2.34. The van der Waals surface area contributed by atoms with Crippen LogP contribution in [0.2, 0.25) is 0 Å². The first kappa shape index (κ1) is 8.20. The number of rotatable bonds is 1. The van der Waals surface area contributed by atoms with E-state index in [4.69, 9.17) is 9.47 Å². The van der Waals surface area contributed by atoms with Crippen molar-refractivity contribution in [2.45, 2.75) is 25.4 Å². The summed E-state index contributed by atoms with van der Waals surface area (Å²) in [6.07, 6.45) is 3.77. The summed E-state index contributed by atoms with van der Waals surface area (Å²) < 4.78 is 10.9. The zero-order chi connectivity index (χ0) is 8.23. The highest BCUT2D eigenvalue weighted by molar-refractivity contribution is 5.89. The Balaban J connectivity index is 1.92. The van der Waals surface area contributed by atoms with Crippen LogP contribution in [0.3, 0.4) is 0 Å². The van der Waals surface area contributed by atoms with Crippen molar-refractivity contribution in [3.05, 3.63) is 0 Å². The largest absolute Gasteiger partial charge is 0.376 e. The van der Waals surface area contributed by atoms with Crippen LogP contribution in [0.5, 0.6) is 0 Å². The van der Waals surface area contributed by atoms with Gasteiger partial charge in [-0.05, 0) is 19.3 Å². The normalized spacial score (nSPS) is 31.3. The summed E-state index contributed by atoms with van der Waals surface area (Å²) in [4.78, 5) is 4.46. The number of aliphatic imine (C=N–C) groups is 1. The molecule has 3 heteroatoms. The third-order valence-electron chi connectivity index (χ3n) is 2.34. The van der Waals surface area contributed by atoms with Crippen LogP contribution in [0.25, 0.3) is 0 Å². The quantitative estimate of drug-likeness (QED) is 0.587.